The number of nitrogens with zero attached hydrogens (tertiary/aromatic N) is 2. The molecule has 4 rings (SSSR count). The number of carboxylic acid groups (broad SMARTS) is 1. The number of pyridine rings is 1. The first-order valence-electron chi connectivity index (χ1n) is 8.02. The number of rotatable bonds is 2. The van der Waals surface area contributed by atoms with Crippen LogP contribution in [0.5, 0.6) is 5.75 Å². The molecule has 3 heterocycles. The SMILES string of the molecule is C[C@H]1[C@H](N)CN1c1c(F)cc2c(=O)ccn3c2c1OC[C@@]3(C)C(=O)O. The molecule has 2 aliphatic heterocycles. The Hall–Kier alpha value is -2.61. The van der Waals surface area contributed by atoms with Gasteiger partial charge in [-0.15, -0.1) is 0 Å². The Labute approximate surface area is 142 Å². The fraction of sp³-hybridized carbons (Fsp3) is 0.412. The summed E-state index contributed by atoms with van der Waals surface area (Å²) in [4.78, 5) is 25.8. The first-order chi connectivity index (χ1) is 11.8. The summed E-state index contributed by atoms with van der Waals surface area (Å²) < 4.78 is 22.0. The molecule has 2 aromatic rings. The van der Waals surface area contributed by atoms with Crippen LogP contribution in [0.25, 0.3) is 10.9 Å². The lowest BCUT2D eigenvalue weighted by atomic mass is 9.95. The van der Waals surface area contributed by atoms with E-state index in [1.54, 1.807) is 4.90 Å². The summed E-state index contributed by atoms with van der Waals surface area (Å²) >= 11 is 0. The molecule has 0 unspecified atom stereocenters. The molecular formula is C17H18FN3O4. The van der Waals surface area contributed by atoms with Gasteiger partial charge in [0.2, 0.25) is 0 Å². The molecule has 0 bridgehead atoms. The fourth-order valence-electron chi connectivity index (χ4n) is 3.54. The van der Waals surface area contributed by atoms with Crippen molar-refractivity contribution in [1.29, 1.82) is 0 Å². The number of carbonyl (C=O) groups is 1. The molecule has 2 aliphatic rings. The molecule has 0 aliphatic carbocycles. The van der Waals surface area contributed by atoms with Crippen molar-refractivity contribution in [3.05, 3.63) is 34.4 Å². The van der Waals surface area contributed by atoms with Gasteiger partial charge in [-0.25, -0.2) is 9.18 Å². The van der Waals surface area contributed by atoms with Crippen molar-refractivity contribution in [3.63, 3.8) is 0 Å². The van der Waals surface area contributed by atoms with Gasteiger partial charge in [-0.2, -0.15) is 0 Å². The molecule has 132 valence electrons. The van der Waals surface area contributed by atoms with Gasteiger partial charge in [0.1, 0.15) is 12.3 Å². The van der Waals surface area contributed by atoms with E-state index in [4.69, 9.17) is 10.5 Å². The van der Waals surface area contributed by atoms with Crippen LogP contribution in [-0.4, -0.2) is 40.9 Å². The van der Waals surface area contributed by atoms with Crippen LogP contribution in [0.15, 0.2) is 23.1 Å². The van der Waals surface area contributed by atoms with Gasteiger partial charge in [0, 0.05) is 30.9 Å². The smallest absolute Gasteiger partial charge is 0.333 e. The van der Waals surface area contributed by atoms with Gasteiger partial charge in [0.25, 0.3) is 0 Å². The van der Waals surface area contributed by atoms with E-state index in [1.807, 2.05) is 6.92 Å². The Morgan fingerprint density at radius 2 is 2.24 bits per heavy atom. The molecule has 25 heavy (non-hydrogen) atoms. The van der Waals surface area contributed by atoms with Crippen molar-refractivity contribution in [2.24, 2.45) is 5.73 Å². The average molecular weight is 347 g/mol. The normalized spacial score (nSPS) is 27.8. The summed E-state index contributed by atoms with van der Waals surface area (Å²) in [5.74, 6) is -1.46. The Balaban J connectivity index is 2.07. The highest BCUT2D eigenvalue weighted by Crippen LogP contribution is 2.45. The predicted molar refractivity (Wildman–Crippen MR) is 89.7 cm³/mol. The molecule has 3 N–H and O–H groups in total. The average Bonchev–Trinajstić information content (AvgIpc) is 2.57. The minimum atomic E-state index is -1.38. The minimum absolute atomic E-state index is 0.0758. The number of aromatic nitrogens is 1. The Morgan fingerprint density at radius 1 is 1.52 bits per heavy atom. The van der Waals surface area contributed by atoms with Crippen molar-refractivity contribution in [2.75, 3.05) is 18.1 Å². The molecule has 0 amide bonds. The van der Waals surface area contributed by atoms with Crippen molar-refractivity contribution in [3.8, 4) is 5.75 Å². The van der Waals surface area contributed by atoms with E-state index in [-0.39, 0.29) is 40.9 Å². The minimum Gasteiger partial charge on any atom is -0.486 e. The third-order valence-corrected chi connectivity index (χ3v) is 5.36. The summed E-state index contributed by atoms with van der Waals surface area (Å²) in [6.07, 6.45) is 1.43. The zero-order valence-electron chi connectivity index (χ0n) is 13.8. The zero-order valence-corrected chi connectivity index (χ0v) is 13.8. The number of anilines is 1. The maximum Gasteiger partial charge on any atom is 0.333 e. The number of carboxylic acids is 1. The first-order valence-corrected chi connectivity index (χ1v) is 8.02. The van der Waals surface area contributed by atoms with E-state index in [2.05, 4.69) is 0 Å². The number of hydrogen-bond donors (Lipinski definition) is 2. The van der Waals surface area contributed by atoms with Gasteiger partial charge in [-0.05, 0) is 19.9 Å². The molecule has 7 nitrogen and oxygen atoms in total. The van der Waals surface area contributed by atoms with Gasteiger partial charge in [0.15, 0.2) is 22.5 Å². The van der Waals surface area contributed by atoms with Gasteiger partial charge >= 0.3 is 5.97 Å². The molecular weight excluding hydrogens is 329 g/mol. The monoisotopic (exact) mass is 347 g/mol. The second-order valence-electron chi connectivity index (χ2n) is 6.91. The van der Waals surface area contributed by atoms with Crippen LogP contribution in [0.4, 0.5) is 10.1 Å². The van der Waals surface area contributed by atoms with Crippen LogP contribution in [0, 0.1) is 5.82 Å². The Kier molecular flexibility index (Phi) is 3.15. The van der Waals surface area contributed by atoms with Crippen LogP contribution in [0.2, 0.25) is 0 Å². The van der Waals surface area contributed by atoms with Gasteiger partial charge < -0.3 is 25.0 Å². The molecule has 3 atom stereocenters. The predicted octanol–water partition coefficient (Wildman–Crippen LogP) is 0.869. The lowest BCUT2D eigenvalue weighted by Gasteiger charge is -2.47. The van der Waals surface area contributed by atoms with E-state index in [1.165, 1.54) is 23.8 Å². The number of benzene rings is 1. The third kappa shape index (κ3) is 1.94. The maximum atomic E-state index is 14.8. The molecule has 0 spiro atoms. The second kappa shape index (κ2) is 4.95. The van der Waals surface area contributed by atoms with Crippen LogP contribution < -0.4 is 20.8 Å². The lowest BCUT2D eigenvalue weighted by Crippen LogP contribution is -2.63. The summed E-state index contributed by atoms with van der Waals surface area (Å²) in [7, 11) is 0. The molecule has 0 saturated carbocycles. The zero-order chi connectivity index (χ0) is 18.1. The molecule has 1 saturated heterocycles. The van der Waals surface area contributed by atoms with Crippen LogP contribution >= 0.6 is 0 Å². The fourth-order valence-corrected chi connectivity index (χ4v) is 3.54. The van der Waals surface area contributed by atoms with E-state index >= 15 is 0 Å². The van der Waals surface area contributed by atoms with Crippen molar-refractivity contribution < 1.29 is 19.0 Å². The molecule has 0 radical (unpaired) electrons. The number of ether oxygens (including phenoxy) is 1. The van der Waals surface area contributed by atoms with Crippen molar-refractivity contribution in [1.82, 2.24) is 4.57 Å². The van der Waals surface area contributed by atoms with E-state index in [0.29, 0.717) is 12.1 Å². The van der Waals surface area contributed by atoms with Crippen LogP contribution in [-0.2, 0) is 10.3 Å². The molecule has 1 aromatic carbocycles. The molecule has 1 aromatic heterocycles. The summed E-state index contributed by atoms with van der Waals surface area (Å²) in [6, 6.07) is 2.25. The number of hydrogen-bond acceptors (Lipinski definition) is 5. The standard InChI is InChI=1S/C17H18FN3O4/c1-8-11(19)6-20(8)14-10(18)5-9-12(22)3-4-21-13(9)15(14)25-7-17(21,2)16(23)24/h3-5,8,11H,6-7,19H2,1-2H3,(H,23,24)/t8-,11+,17-/m0/s1. The topological polar surface area (TPSA) is 97.8 Å². The highest BCUT2D eigenvalue weighted by atomic mass is 19.1. The van der Waals surface area contributed by atoms with E-state index < -0.39 is 17.3 Å². The van der Waals surface area contributed by atoms with Crippen LogP contribution in [0.3, 0.4) is 0 Å². The lowest BCUT2D eigenvalue weighted by molar-refractivity contribution is -0.148. The highest BCUT2D eigenvalue weighted by molar-refractivity contribution is 5.94. The number of aliphatic carboxylic acids is 1. The third-order valence-electron chi connectivity index (χ3n) is 5.36. The summed E-state index contributed by atoms with van der Waals surface area (Å²) in [5.41, 5.74) is 4.68. The van der Waals surface area contributed by atoms with Gasteiger partial charge in [-0.1, -0.05) is 0 Å². The number of nitrogens with two attached hydrogens (primary N) is 1. The van der Waals surface area contributed by atoms with Crippen molar-refractivity contribution in [2.45, 2.75) is 31.5 Å². The summed E-state index contributed by atoms with van der Waals surface area (Å²) in [6.45, 7) is 3.69. The largest absolute Gasteiger partial charge is 0.486 e. The molecule has 8 heteroatoms. The first kappa shape index (κ1) is 15.9. The van der Waals surface area contributed by atoms with Crippen LogP contribution in [0.1, 0.15) is 13.8 Å². The maximum absolute atomic E-state index is 14.8. The highest BCUT2D eigenvalue weighted by Gasteiger charge is 2.44. The quantitative estimate of drug-likeness (QED) is 0.837. The number of halogens is 1. The van der Waals surface area contributed by atoms with Gasteiger partial charge in [0.05, 0.1) is 10.9 Å². The van der Waals surface area contributed by atoms with Crippen molar-refractivity contribution >= 4 is 22.6 Å². The Bertz CT molecular complexity index is 972. The van der Waals surface area contributed by atoms with E-state index in [0.717, 1.165) is 6.07 Å². The second-order valence-corrected chi connectivity index (χ2v) is 6.91. The van der Waals surface area contributed by atoms with Gasteiger partial charge in [-0.3, -0.25) is 4.79 Å². The van der Waals surface area contributed by atoms with E-state index in [9.17, 15) is 19.1 Å². The Morgan fingerprint density at radius 3 is 2.84 bits per heavy atom. The molecule has 1 fully saturated rings. The summed E-state index contributed by atoms with van der Waals surface area (Å²) in [5, 5.41) is 9.73.